The zero-order valence-electron chi connectivity index (χ0n) is 19.1. The third kappa shape index (κ3) is 4.98. The van der Waals surface area contributed by atoms with E-state index in [1.165, 1.54) is 17.7 Å². The second-order valence-corrected chi connectivity index (χ2v) is 8.87. The molecule has 2 heterocycles. The summed E-state index contributed by atoms with van der Waals surface area (Å²) in [5.74, 6) is 0.871. The number of hydrogen-bond acceptors (Lipinski definition) is 4. The van der Waals surface area contributed by atoms with Gasteiger partial charge >= 0.3 is 0 Å². The molecule has 0 N–H and O–H groups in total. The maximum absolute atomic E-state index is 13.6. The molecule has 4 rings (SSSR count). The highest BCUT2D eigenvalue weighted by atomic mass is 35.5. The molecule has 32 heavy (non-hydrogen) atoms. The number of aromatic nitrogens is 2. The molecule has 2 aromatic carbocycles. The maximum atomic E-state index is 13.6. The Labute approximate surface area is 195 Å². The average Bonchev–Trinajstić information content (AvgIpc) is 3.11. The Hall–Kier alpha value is -2.41. The highest BCUT2D eigenvalue weighted by molar-refractivity contribution is 6.31. The summed E-state index contributed by atoms with van der Waals surface area (Å²) < 4.78 is 15.6. The molecule has 0 unspecified atom stereocenters. The van der Waals surface area contributed by atoms with Crippen molar-refractivity contribution in [3.05, 3.63) is 76.2 Å². The summed E-state index contributed by atoms with van der Waals surface area (Å²) in [7, 11) is 2.16. The van der Waals surface area contributed by atoms with Gasteiger partial charge in [-0.2, -0.15) is 5.10 Å². The van der Waals surface area contributed by atoms with E-state index >= 15 is 0 Å². The molecule has 1 aromatic heterocycles. The molecule has 5 nitrogen and oxygen atoms in total. The average molecular weight is 456 g/mol. The number of benzene rings is 2. The van der Waals surface area contributed by atoms with Crippen molar-refractivity contribution in [1.29, 1.82) is 0 Å². The molecular weight excluding hydrogens is 425 g/mol. The van der Waals surface area contributed by atoms with E-state index in [0.717, 1.165) is 73.6 Å². The highest BCUT2D eigenvalue weighted by Gasteiger charge is 2.26. The van der Waals surface area contributed by atoms with Crippen LogP contribution in [0.15, 0.2) is 48.5 Å². The van der Waals surface area contributed by atoms with E-state index in [1.54, 1.807) is 12.1 Å². The van der Waals surface area contributed by atoms with Gasteiger partial charge in [-0.05, 0) is 56.4 Å². The van der Waals surface area contributed by atoms with Gasteiger partial charge in [0.1, 0.15) is 11.6 Å². The van der Waals surface area contributed by atoms with Gasteiger partial charge in [0, 0.05) is 49.9 Å². The monoisotopic (exact) mass is 455 g/mol. The van der Waals surface area contributed by atoms with E-state index in [9.17, 15) is 4.39 Å². The van der Waals surface area contributed by atoms with E-state index < -0.39 is 0 Å². The fourth-order valence-corrected chi connectivity index (χ4v) is 4.40. The highest BCUT2D eigenvalue weighted by Crippen LogP contribution is 2.30. The topological polar surface area (TPSA) is 27.5 Å². The molecule has 7 heteroatoms. The van der Waals surface area contributed by atoms with E-state index in [-0.39, 0.29) is 5.82 Å². The normalized spacial score (nSPS) is 15.0. The predicted molar refractivity (Wildman–Crippen MR) is 129 cm³/mol. The van der Waals surface area contributed by atoms with Crippen LogP contribution in [0.3, 0.4) is 0 Å². The summed E-state index contributed by atoms with van der Waals surface area (Å²) in [6.07, 6.45) is 0. The van der Waals surface area contributed by atoms with Crippen molar-refractivity contribution in [1.82, 2.24) is 19.6 Å². The minimum absolute atomic E-state index is 0.240. The van der Waals surface area contributed by atoms with Crippen molar-refractivity contribution >= 4 is 17.4 Å². The van der Waals surface area contributed by atoms with Crippen LogP contribution in [0.4, 0.5) is 10.2 Å². The SMILES string of the molecule is CCN(Cc1ccccc1Cl)Cc1c(C)nn(-c2ccc(F)cc2)c1N1CCN(C)CC1. The number of piperazine rings is 1. The van der Waals surface area contributed by atoms with Crippen LogP contribution in [-0.4, -0.2) is 59.4 Å². The van der Waals surface area contributed by atoms with Crippen LogP contribution in [0, 0.1) is 12.7 Å². The van der Waals surface area contributed by atoms with Crippen LogP contribution in [0.5, 0.6) is 0 Å². The molecule has 170 valence electrons. The molecule has 0 saturated carbocycles. The Balaban J connectivity index is 1.70. The predicted octanol–water partition coefficient (Wildman–Crippen LogP) is 4.75. The largest absolute Gasteiger partial charge is 0.354 e. The van der Waals surface area contributed by atoms with Crippen molar-refractivity contribution in [2.45, 2.75) is 26.9 Å². The zero-order chi connectivity index (χ0) is 22.7. The van der Waals surface area contributed by atoms with E-state index in [1.807, 2.05) is 22.9 Å². The molecule has 3 aromatic rings. The third-order valence-corrected chi connectivity index (χ3v) is 6.58. The Morgan fingerprint density at radius 1 is 1.00 bits per heavy atom. The van der Waals surface area contributed by atoms with Gasteiger partial charge in [0.25, 0.3) is 0 Å². The molecular formula is C25H31ClFN5. The summed E-state index contributed by atoms with van der Waals surface area (Å²) in [5.41, 5.74) is 4.22. The molecule has 0 aliphatic carbocycles. The Morgan fingerprint density at radius 2 is 1.69 bits per heavy atom. The molecule has 0 amide bonds. The lowest BCUT2D eigenvalue weighted by molar-refractivity contribution is 0.270. The van der Waals surface area contributed by atoms with Gasteiger partial charge in [-0.1, -0.05) is 36.7 Å². The van der Waals surface area contributed by atoms with Gasteiger partial charge in [0.05, 0.1) is 11.4 Å². The van der Waals surface area contributed by atoms with Crippen molar-refractivity contribution in [2.75, 3.05) is 44.7 Å². The number of hydrogen-bond donors (Lipinski definition) is 0. The van der Waals surface area contributed by atoms with Gasteiger partial charge in [-0.25, -0.2) is 9.07 Å². The summed E-state index contributed by atoms with van der Waals surface area (Å²) in [6.45, 7) is 10.6. The summed E-state index contributed by atoms with van der Waals surface area (Å²) in [6, 6.07) is 14.6. The molecule has 0 spiro atoms. The zero-order valence-corrected chi connectivity index (χ0v) is 19.8. The molecule has 1 fully saturated rings. The van der Waals surface area contributed by atoms with Gasteiger partial charge in [-0.15, -0.1) is 0 Å². The summed E-state index contributed by atoms with van der Waals surface area (Å²) >= 11 is 6.44. The molecule has 1 aliphatic rings. The molecule has 0 atom stereocenters. The molecule has 1 aliphatic heterocycles. The Bertz CT molecular complexity index is 1040. The lowest BCUT2D eigenvalue weighted by Crippen LogP contribution is -2.45. The quantitative estimate of drug-likeness (QED) is 0.514. The second-order valence-electron chi connectivity index (χ2n) is 8.46. The van der Waals surface area contributed by atoms with Gasteiger partial charge in [0.2, 0.25) is 0 Å². The van der Waals surface area contributed by atoms with Gasteiger partial charge < -0.3 is 9.80 Å². The molecule has 0 radical (unpaired) electrons. The van der Waals surface area contributed by atoms with Crippen molar-refractivity contribution in [2.24, 2.45) is 0 Å². The number of likely N-dealkylation sites (N-methyl/N-ethyl adjacent to an activating group) is 1. The van der Waals surface area contributed by atoms with Crippen LogP contribution < -0.4 is 4.90 Å². The molecule has 0 bridgehead atoms. The van der Waals surface area contributed by atoms with Crippen LogP contribution in [-0.2, 0) is 13.1 Å². The number of anilines is 1. The Morgan fingerprint density at radius 3 is 2.34 bits per heavy atom. The number of halogens is 2. The first kappa shape index (κ1) is 22.8. The smallest absolute Gasteiger partial charge is 0.137 e. The van der Waals surface area contributed by atoms with E-state index in [4.69, 9.17) is 16.7 Å². The van der Waals surface area contributed by atoms with Crippen LogP contribution in [0.1, 0.15) is 23.7 Å². The van der Waals surface area contributed by atoms with Crippen LogP contribution in [0.2, 0.25) is 5.02 Å². The summed E-state index contributed by atoms with van der Waals surface area (Å²) in [5, 5.41) is 5.70. The van der Waals surface area contributed by atoms with Crippen molar-refractivity contribution in [3.8, 4) is 5.69 Å². The van der Waals surface area contributed by atoms with Crippen LogP contribution in [0.25, 0.3) is 5.69 Å². The fourth-order valence-electron chi connectivity index (χ4n) is 4.21. The number of rotatable bonds is 7. The first-order valence-corrected chi connectivity index (χ1v) is 11.6. The number of aryl methyl sites for hydroxylation is 1. The summed E-state index contributed by atoms with van der Waals surface area (Å²) in [4.78, 5) is 7.15. The second kappa shape index (κ2) is 10.0. The van der Waals surface area contributed by atoms with Gasteiger partial charge in [-0.3, -0.25) is 4.90 Å². The maximum Gasteiger partial charge on any atom is 0.137 e. The fraction of sp³-hybridized carbons (Fsp3) is 0.400. The Kier molecular flexibility index (Phi) is 7.13. The van der Waals surface area contributed by atoms with E-state index in [2.05, 4.69) is 41.7 Å². The van der Waals surface area contributed by atoms with Crippen molar-refractivity contribution < 1.29 is 4.39 Å². The van der Waals surface area contributed by atoms with Crippen LogP contribution >= 0.6 is 11.6 Å². The van der Waals surface area contributed by atoms with Crippen molar-refractivity contribution in [3.63, 3.8) is 0 Å². The minimum atomic E-state index is -0.240. The lowest BCUT2D eigenvalue weighted by atomic mass is 10.1. The number of nitrogens with zero attached hydrogens (tertiary/aromatic N) is 5. The minimum Gasteiger partial charge on any atom is -0.354 e. The first-order chi connectivity index (χ1) is 15.5. The van der Waals surface area contributed by atoms with Gasteiger partial charge in [0.15, 0.2) is 0 Å². The molecule has 1 saturated heterocycles. The lowest BCUT2D eigenvalue weighted by Gasteiger charge is -2.35. The van der Waals surface area contributed by atoms with E-state index in [0.29, 0.717) is 0 Å². The standard InChI is InChI=1S/C25H31ClFN5/c1-4-30(17-20-7-5-6-8-24(20)26)18-23-19(2)28-32(22-11-9-21(27)10-12-22)25(23)31-15-13-29(3)14-16-31/h5-12H,4,13-18H2,1-3H3. The first-order valence-electron chi connectivity index (χ1n) is 11.2. The third-order valence-electron chi connectivity index (χ3n) is 6.21.